The van der Waals surface area contributed by atoms with Gasteiger partial charge in [-0.25, -0.2) is 0 Å². The summed E-state index contributed by atoms with van der Waals surface area (Å²) >= 11 is 0. The lowest BCUT2D eigenvalue weighted by atomic mass is 9.93. The molecule has 1 unspecified atom stereocenters. The molecular formula is C9H19NO3. The van der Waals surface area contributed by atoms with Crippen molar-refractivity contribution in [2.24, 2.45) is 0 Å². The SMILES string of the molecule is CC1O[C@H](C)[C@@H](O)[C@H](N(C)C)[C@H]1O. The zero-order chi connectivity index (χ0) is 10.2. The minimum absolute atomic E-state index is 0.217. The molecule has 1 aliphatic heterocycles. The molecule has 1 rings (SSSR count). The lowest BCUT2D eigenvalue weighted by Gasteiger charge is -2.43. The van der Waals surface area contributed by atoms with Crippen LogP contribution in [0.1, 0.15) is 13.8 Å². The third-order valence-electron chi connectivity index (χ3n) is 2.69. The van der Waals surface area contributed by atoms with Gasteiger partial charge in [0.15, 0.2) is 0 Å². The van der Waals surface area contributed by atoms with Crippen molar-refractivity contribution in [1.29, 1.82) is 0 Å². The zero-order valence-electron chi connectivity index (χ0n) is 8.64. The maximum Gasteiger partial charge on any atom is 0.0979 e. The predicted molar refractivity (Wildman–Crippen MR) is 49.5 cm³/mol. The highest BCUT2D eigenvalue weighted by Gasteiger charge is 2.41. The summed E-state index contributed by atoms with van der Waals surface area (Å²) in [4.78, 5) is 1.84. The van der Waals surface area contributed by atoms with Crippen LogP contribution in [0.15, 0.2) is 0 Å². The van der Waals surface area contributed by atoms with Crippen molar-refractivity contribution in [2.75, 3.05) is 14.1 Å². The van der Waals surface area contributed by atoms with Crippen molar-refractivity contribution in [3.63, 3.8) is 0 Å². The highest BCUT2D eigenvalue weighted by atomic mass is 16.5. The van der Waals surface area contributed by atoms with Gasteiger partial charge in [-0.05, 0) is 27.9 Å². The van der Waals surface area contributed by atoms with Crippen LogP contribution in [0.2, 0.25) is 0 Å². The average molecular weight is 189 g/mol. The molecule has 1 aliphatic rings. The maximum atomic E-state index is 9.77. The molecule has 0 aliphatic carbocycles. The average Bonchev–Trinajstić information content (AvgIpc) is 2.01. The zero-order valence-corrected chi connectivity index (χ0v) is 8.64. The molecule has 13 heavy (non-hydrogen) atoms. The van der Waals surface area contributed by atoms with Crippen LogP contribution in [-0.2, 0) is 4.74 Å². The van der Waals surface area contributed by atoms with E-state index < -0.39 is 12.2 Å². The fourth-order valence-corrected chi connectivity index (χ4v) is 1.87. The van der Waals surface area contributed by atoms with E-state index in [1.165, 1.54) is 0 Å². The number of rotatable bonds is 1. The van der Waals surface area contributed by atoms with Gasteiger partial charge >= 0.3 is 0 Å². The number of nitrogens with zero attached hydrogens (tertiary/aromatic N) is 1. The third kappa shape index (κ3) is 2.02. The predicted octanol–water partition coefficient (Wildman–Crippen LogP) is -0.554. The van der Waals surface area contributed by atoms with Crippen molar-refractivity contribution < 1.29 is 14.9 Å². The smallest absolute Gasteiger partial charge is 0.0979 e. The summed E-state index contributed by atoms with van der Waals surface area (Å²) in [5, 5.41) is 19.5. The quantitative estimate of drug-likeness (QED) is 0.581. The standard InChI is InChI=1S/C9H19NO3/c1-5-8(11)7(10(3)4)9(12)6(2)13-5/h5-9,11-12H,1-4H3/t5-,6?,7+,8-,9+/m1/s1. The fourth-order valence-electron chi connectivity index (χ4n) is 1.87. The Morgan fingerprint density at radius 1 is 1.00 bits per heavy atom. The van der Waals surface area contributed by atoms with Crippen LogP contribution >= 0.6 is 0 Å². The monoisotopic (exact) mass is 189 g/mol. The Labute approximate surface area is 79.1 Å². The van der Waals surface area contributed by atoms with Crippen molar-refractivity contribution in [1.82, 2.24) is 4.90 Å². The summed E-state index contributed by atoms with van der Waals surface area (Å²) in [5.41, 5.74) is 0. The van der Waals surface area contributed by atoms with E-state index in [-0.39, 0.29) is 18.2 Å². The number of hydrogen-bond acceptors (Lipinski definition) is 4. The minimum atomic E-state index is -0.624. The van der Waals surface area contributed by atoms with E-state index in [0.717, 1.165) is 0 Å². The van der Waals surface area contributed by atoms with E-state index in [0.29, 0.717) is 0 Å². The second kappa shape index (κ2) is 3.92. The van der Waals surface area contributed by atoms with Crippen LogP contribution < -0.4 is 0 Å². The van der Waals surface area contributed by atoms with E-state index >= 15 is 0 Å². The molecule has 1 fully saturated rings. The Bertz CT molecular complexity index is 160. The number of aliphatic hydroxyl groups excluding tert-OH is 2. The molecule has 0 bridgehead atoms. The number of likely N-dealkylation sites (N-methyl/N-ethyl adjacent to an activating group) is 1. The van der Waals surface area contributed by atoms with Gasteiger partial charge in [0.2, 0.25) is 0 Å². The third-order valence-corrected chi connectivity index (χ3v) is 2.69. The van der Waals surface area contributed by atoms with Crippen molar-refractivity contribution in [3.8, 4) is 0 Å². The first-order chi connectivity index (χ1) is 5.95. The first kappa shape index (κ1) is 10.9. The topological polar surface area (TPSA) is 52.9 Å². The van der Waals surface area contributed by atoms with Gasteiger partial charge in [-0.1, -0.05) is 0 Å². The molecule has 0 saturated carbocycles. The van der Waals surface area contributed by atoms with Crippen LogP contribution in [0.3, 0.4) is 0 Å². The molecule has 5 atom stereocenters. The van der Waals surface area contributed by atoms with Crippen molar-refractivity contribution in [3.05, 3.63) is 0 Å². The maximum absolute atomic E-state index is 9.77. The second-order valence-electron chi connectivity index (χ2n) is 3.98. The molecule has 0 aromatic carbocycles. The largest absolute Gasteiger partial charge is 0.389 e. The summed E-state index contributed by atoms with van der Waals surface area (Å²) < 4.78 is 5.36. The number of ether oxygens (including phenoxy) is 1. The number of aliphatic hydroxyl groups is 2. The van der Waals surface area contributed by atoms with Crippen LogP contribution in [0.4, 0.5) is 0 Å². The van der Waals surface area contributed by atoms with E-state index in [4.69, 9.17) is 4.74 Å². The van der Waals surface area contributed by atoms with Gasteiger partial charge in [0.1, 0.15) is 0 Å². The first-order valence-electron chi connectivity index (χ1n) is 4.63. The van der Waals surface area contributed by atoms with Crippen LogP contribution in [0, 0.1) is 0 Å². The second-order valence-corrected chi connectivity index (χ2v) is 3.98. The van der Waals surface area contributed by atoms with Crippen molar-refractivity contribution in [2.45, 2.75) is 44.3 Å². The van der Waals surface area contributed by atoms with Gasteiger partial charge in [-0.15, -0.1) is 0 Å². The van der Waals surface area contributed by atoms with Gasteiger partial charge in [-0.2, -0.15) is 0 Å². The molecule has 4 heteroatoms. The number of hydrogen-bond donors (Lipinski definition) is 2. The summed E-state index contributed by atoms with van der Waals surface area (Å²) in [6.45, 7) is 3.65. The van der Waals surface area contributed by atoms with Gasteiger partial charge in [-0.3, -0.25) is 0 Å². The summed E-state index contributed by atoms with van der Waals surface area (Å²) in [6, 6.07) is -0.237. The summed E-state index contributed by atoms with van der Waals surface area (Å²) in [7, 11) is 3.70. The van der Waals surface area contributed by atoms with Crippen molar-refractivity contribution >= 4 is 0 Å². The summed E-state index contributed by atoms with van der Waals surface area (Å²) in [5.74, 6) is 0. The van der Waals surface area contributed by atoms with Gasteiger partial charge in [0.25, 0.3) is 0 Å². The van der Waals surface area contributed by atoms with E-state index in [2.05, 4.69) is 0 Å². The molecular weight excluding hydrogens is 170 g/mol. The Morgan fingerprint density at radius 3 is 1.69 bits per heavy atom. The highest BCUT2D eigenvalue weighted by Crippen LogP contribution is 2.23. The fraction of sp³-hybridized carbons (Fsp3) is 1.00. The lowest BCUT2D eigenvalue weighted by molar-refractivity contribution is -0.189. The highest BCUT2D eigenvalue weighted by molar-refractivity contribution is 4.93. The van der Waals surface area contributed by atoms with Gasteiger partial charge in [0, 0.05) is 0 Å². The molecule has 0 aromatic rings. The van der Waals surface area contributed by atoms with Crippen LogP contribution in [0.25, 0.3) is 0 Å². The van der Waals surface area contributed by atoms with E-state index in [1.807, 2.05) is 32.8 Å². The Morgan fingerprint density at radius 2 is 1.38 bits per heavy atom. The molecule has 1 saturated heterocycles. The molecule has 4 nitrogen and oxygen atoms in total. The molecule has 0 amide bonds. The molecule has 0 aromatic heterocycles. The van der Waals surface area contributed by atoms with Gasteiger partial charge < -0.3 is 19.8 Å². The molecule has 0 spiro atoms. The normalized spacial score (nSPS) is 46.8. The molecule has 0 radical (unpaired) electrons. The molecule has 2 N–H and O–H groups in total. The molecule has 78 valence electrons. The van der Waals surface area contributed by atoms with E-state index in [1.54, 1.807) is 0 Å². The van der Waals surface area contributed by atoms with E-state index in [9.17, 15) is 10.2 Å². The van der Waals surface area contributed by atoms with Gasteiger partial charge in [0.05, 0.1) is 30.5 Å². The Hall–Kier alpha value is -0.160. The van der Waals surface area contributed by atoms with Crippen LogP contribution in [-0.4, -0.2) is 59.7 Å². The van der Waals surface area contributed by atoms with Crippen LogP contribution in [0.5, 0.6) is 0 Å². The Balaban J connectivity index is 2.76. The lowest BCUT2D eigenvalue weighted by Crippen LogP contribution is -2.60. The summed E-state index contributed by atoms with van der Waals surface area (Å²) in [6.07, 6.45) is -1.68. The molecule has 1 heterocycles. The minimum Gasteiger partial charge on any atom is -0.389 e. The Kier molecular flexibility index (Phi) is 3.29. The first-order valence-corrected chi connectivity index (χ1v) is 4.63.